The van der Waals surface area contributed by atoms with Crippen molar-refractivity contribution in [1.82, 2.24) is 15.4 Å². The maximum Gasteiger partial charge on any atom is 0.221 e. The van der Waals surface area contributed by atoms with Crippen LogP contribution in [0, 0.1) is 0 Å². The highest BCUT2D eigenvalue weighted by molar-refractivity contribution is 7.90. The van der Waals surface area contributed by atoms with Crippen LogP contribution in [-0.2, 0) is 14.8 Å². The van der Waals surface area contributed by atoms with Crippen molar-refractivity contribution in [3.63, 3.8) is 0 Å². The first-order valence-corrected chi connectivity index (χ1v) is 6.61. The van der Waals surface area contributed by atoms with Gasteiger partial charge in [-0.05, 0) is 13.0 Å². The summed E-state index contributed by atoms with van der Waals surface area (Å²) in [6.07, 6.45) is 0.892. The fraction of sp³-hybridized carbons (Fsp3) is 0.875. The molecule has 0 aromatic carbocycles. The predicted octanol–water partition coefficient (Wildman–Crippen LogP) is -1.84. The summed E-state index contributed by atoms with van der Waals surface area (Å²) < 4.78 is 26.2. The standard InChI is InChI=1S/C8H15N3O3S/c12-8-3-6(4-10-8)11-15(13,14)7-1-2-9-5-7/h6-7,9,11H,1-5H2,(H,10,12). The van der Waals surface area contributed by atoms with Crippen molar-refractivity contribution in [3.8, 4) is 0 Å². The zero-order chi connectivity index (χ0) is 10.9. The smallest absolute Gasteiger partial charge is 0.221 e. The van der Waals surface area contributed by atoms with E-state index in [1.807, 2.05) is 0 Å². The van der Waals surface area contributed by atoms with Gasteiger partial charge in [0.1, 0.15) is 0 Å². The van der Waals surface area contributed by atoms with Crippen molar-refractivity contribution < 1.29 is 13.2 Å². The zero-order valence-corrected chi connectivity index (χ0v) is 9.14. The molecule has 0 spiro atoms. The normalized spacial score (nSPS) is 31.9. The van der Waals surface area contributed by atoms with Crippen LogP contribution in [-0.4, -0.2) is 45.3 Å². The molecule has 15 heavy (non-hydrogen) atoms. The van der Waals surface area contributed by atoms with Gasteiger partial charge < -0.3 is 10.6 Å². The van der Waals surface area contributed by atoms with Crippen molar-refractivity contribution >= 4 is 15.9 Å². The van der Waals surface area contributed by atoms with Crippen molar-refractivity contribution in [2.75, 3.05) is 19.6 Å². The van der Waals surface area contributed by atoms with E-state index in [4.69, 9.17) is 0 Å². The van der Waals surface area contributed by atoms with Crippen LogP contribution < -0.4 is 15.4 Å². The summed E-state index contributed by atoms with van der Waals surface area (Å²) in [5.41, 5.74) is 0. The number of hydrogen-bond acceptors (Lipinski definition) is 4. The molecule has 0 aliphatic carbocycles. The highest BCUT2D eigenvalue weighted by Crippen LogP contribution is 2.11. The van der Waals surface area contributed by atoms with Gasteiger partial charge in [0.15, 0.2) is 0 Å². The Hall–Kier alpha value is -0.660. The molecule has 0 aromatic rings. The van der Waals surface area contributed by atoms with Crippen LogP contribution in [0.1, 0.15) is 12.8 Å². The monoisotopic (exact) mass is 233 g/mol. The van der Waals surface area contributed by atoms with Crippen LogP contribution in [0.2, 0.25) is 0 Å². The number of sulfonamides is 1. The molecule has 2 fully saturated rings. The maximum atomic E-state index is 11.8. The number of carbonyl (C=O) groups is 1. The Labute approximate surface area is 88.9 Å². The second-order valence-electron chi connectivity index (χ2n) is 3.98. The lowest BCUT2D eigenvalue weighted by Crippen LogP contribution is -2.42. The molecule has 2 aliphatic rings. The predicted molar refractivity (Wildman–Crippen MR) is 54.7 cm³/mol. The Morgan fingerprint density at radius 1 is 1.33 bits per heavy atom. The van der Waals surface area contributed by atoms with E-state index in [0.717, 1.165) is 6.54 Å². The molecule has 2 atom stereocenters. The number of nitrogens with one attached hydrogen (secondary N) is 3. The summed E-state index contributed by atoms with van der Waals surface area (Å²) in [5, 5.41) is 5.26. The van der Waals surface area contributed by atoms with Gasteiger partial charge in [-0.2, -0.15) is 0 Å². The summed E-state index contributed by atoms with van der Waals surface area (Å²) in [5.74, 6) is -0.0905. The van der Waals surface area contributed by atoms with Gasteiger partial charge in [0.25, 0.3) is 0 Å². The molecule has 2 unspecified atom stereocenters. The van der Waals surface area contributed by atoms with Gasteiger partial charge in [-0.15, -0.1) is 0 Å². The van der Waals surface area contributed by atoms with Gasteiger partial charge in [0.05, 0.1) is 5.25 Å². The molecular formula is C8H15N3O3S. The maximum absolute atomic E-state index is 11.8. The van der Waals surface area contributed by atoms with E-state index in [1.165, 1.54) is 0 Å². The third-order valence-electron chi connectivity index (χ3n) is 2.76. The largest absolute Gasteiger partial charge is 0.354 e. The molecule has 2 rings (SSSR count). The molecule has 0 aromatic heterocycles. The van der Waals surface area contributed by atoms with Crippen molar-refractivity contribution in [2.24, 2.45) is 0 Å². The van der Waals surface area contributed by atoms with E-state index in [0.29, 0.717) is 19.5 Å². The first-order chi connectivity index (χ1) is 7.08. The molecule has 7 heteroatoms. The van der Waals surface area contributed by atoms with Gasteiger partial charge in [-0.25, -0.2) is 13.1 Å². The molecule has 0 radical (unpaired) electrons. The SMILES string of the molecule is O=C1CC(NS(=O)(=O)C2CCNC2)CN1. The van der Waals surface area contributed by atoms with Gasteiger partial charge in [0.2, 0.25) is 15.9 Å². The van der Waals surface area contributed by atoms with Crippen molar-refractivity contribution in [1.29, 1.82) is 0 Å². The molecule has 2 aliphatic heterocycles. The molecule has 6 nitrogen and oxygen atoms in total. The summed E-state index contributed by atoms with van der Waals surface area (Å²) >= 11 is 0. The molecule has 1 amide bonds. The van der Waals surface area contributed by atoms with Crippen molar-refractivity contribution in [3.05, 3.63) is 0 Å². The lowest BCUT2D eigenvalue weighted by molar-refractivity contribution is -0.119. The van der Waals surface area contributed by atoms with E-state index < -0.39 is 10.0 Å². The minimum atomic E-state index is -3.27. The Morgan fingerprint density at radius 3 is 2.67 bits per heavy atom. The average molecular weight is 233 g/mol. The quantitative estimate of drug-likeness (QED) is 0.534. The second-order valence-corrected chi connectivity index (χ2v) is 5.98. The average Bonchev–Trinajstić information content (AvgIpc) is 2.75. The summed E-state index contributed by atoms with van der Waals surface area (Å²) in [6, 6.07) is -0.275. The number of hydrogen-bond donors (Lipinski definition) is 3. The van der Waals surface area contributed by atoms with E-state index in [1.54, 1.807) is 0 Å². The first kappa shape index (κ1) is 10.8. The Kier molecular flexibility index (Phi) is 2.94. The number of rotatable bonds is 3. The molecule has 0 bridgehead atoms. The van der Waals surface area contributed by atoms with Crippen LogP contribution in [0.25, 0.3) is 0 Å². The lowest BCUT2D eigenvalue weighted by Gasteiger charge is -2.15. The van der Waals surface area contributed by atoms with Gasteiger partial charge in [-0.3, -0.25) is 4.79 Å². The van der Waals surface area contributed by atoms with E-state index in [2.05, 4.69) is 15.4 Å². The minimum absolute atomic E-state index is 0.0905. The Morgan fingerprint density at radius 2 is 2.13 bits per heavy atom. The van der Waals surface area contributed by atoms with Crippen LogP contribution in [0.3, 0.4) is 0 Å². The molecule has 86 valence electrons. The molecule has 2 saturated heterocycles. The van der Waals surface area contributed by atoms with Crippen LogP contribution in [0.15, 0.2) is 0 Å². The third kappa shape index (κ3) is 2.47. The summed E-state index contributed by atoms with van der Waals surface area (Å²) in [4.78, 5) is 10.9. The van der Waals surface area contributed by atoms with E-state index in [9.17, 15) is 13.2 Å². The second kappa shape index (κ2) is 4.07. The topological polar surface area (TPSA) is 87.3 Å². The highest BCUT2D eigenvalue weighted by Gasteiger charge is 2.32. The third-order valence-corrected chi connectivity index (χ3v) is 4.70. The molecular weight excluding hydrogens is 218 g/mol. The van der Waals surface area contributed by atoms with Crippen molar-refractivity contribution in [2.45, 2.75) is 24.1 Å². The Balaban J connectivity index is 1.95. The van der Waals surface area contributed by atoms with Crippen LogP contribution in [0.4, 0.5) is 0 Å². The van der Waals surface area contributed by atoms with Gasteiger partial charge in [0, 0.05) is 25.6 Å². The van der Waals surface area contributed by atoms with E-state index >= 15 is 0 Å². The van der Waals surface area contributed by atoms with Gasteiger partial charge in [-0.1, -0.05) is 0 Å². The Bertz CT molecular complexity index is 348. The number of carbonyl (C=O) groups excluding carboxylic acids is 1. The van der Waals surface area contributed by atoms with Crippen LogP contribution in [0.5, 0.6) is 0 Å². The zero-order valence-electron chi connectivity index (χ0n) is 8.32. The molecule has 0 saturated carbocycles. The van der Waals surface area contributed by atoms with Gasteiger partial charge >= 0.3 is 0 Å². The minimum Gasteiger partial charge on any atom is -0.354 e. The highest BCUT2D eigenvalue weighted by atomic mass is 32.2. The summed E-state index contributed by atoms with van der Waals surface area (Å²) in [7, 11) is -3.27. The van der Waals surface area contributed by atoms with Crippen LogP contribution >= 0.6 is 0 Å². The lowest BCUT2D eigenvalue weighted by atomic mass is 10.3. The fourth-order valence-electron chi connectivity index (χ4n) is 1.91. The first-order valence-electron chi connectivity index (χ1n) is 5.06. The molecule has 2 heterocycles. The van der Waals surface area contributed by atoms with E-state index in [-0.39, 0.29) is 23.6 Å². The molecule has 3 N–H and O–H groups in total. The summed E-state index contributed by atoms with van der Waals surface area (Å²) in [6.45, 7) is 1.65. The fourth-order valence-corrected chi connectivity index (χ4v) is 3.50. The number of amides is 1.